The van der Waals surface area contributed by atoms with E-state index in [1.807, 2.05) is 27.7 Å². The highest BCUT2D eigenvalue weighted by molar-refractivity contribution is 7.90. The van der Waals surface area contributed by atoms with E-state index in [1.165, 1.54) is 8.61 Å². The molecule has 0 saturated carbocycles. The molecule has 230 valence electrons. The third-order valence-corrected chi connectivity index (χ3v) is 13.0. The molecule has 0 aliphatic carbocycles. The first kappa shape index (κ1) is 37.8. The molecule has 0 fully saturated rings. The standard InChI is InChI=1S/C30H64N2O4S2/c1-27(2,3)21-15-17-23-29(7,8)37(33,34)31(11)25-19-13-14-20-26-32(12)38(35,36)30(9,10)24-18-16-22-28(4,5)6/h13-26H2,1-12H3. The van der Waals surface area contributed by atoms with Crippen LogP contribution in [-0.4, -0.2) is 62.1 Å². The van der Waals surface area contributed by atoms with Crippen molar-refractivity contribution in [3.05, 3.63) is 0 Å². The van der Waals surface area contributed by atoms with Crippen LogP contribution >= 0.6 is 0 Å². The van der Waals surface area contributed by atoms with Crippen molar-refractivity contribution in [1.29, 1.82) is 0 Å². The molecular formula is C30H64N2O4S2. The Kier molecular flexibility index (Phi) is 15.1. The Labute approximate surface area is 238 Å². The average molecular weight is 581 g/mol. The van der Waals surface area contributed by atoms with Crippen molar-refractivity contribution in [3.63, 3.8) is 0 Å². The zero-order chi connectivity index (χ0) is 30.1. The highest BCUT2D eigenvalue weighted by Crippen LogP contribution is 2.30. The van der Waals surface area contributed by atoms with E-state index in [9.17, 15) is 16.8 Å². The van der Waals surface area contributed by atoms with Gasteiger partial charge in [-0.25, -0.2) is 25.4 Å². The Morgan fingerprint density at radius 2 is 0.684 bits per heavy atom. The molecule has 0 aliphatic rings. The van der Waals surface area contributed by atoms with Crippen LogP contribution in [0.5, 0.6) is 0 Å². The molecule has 0 aromatic heterocycles. The van der Waals surface area contributed by atoms with Crippen LogP contribution in [0.4, 0.5) is 0 Å². The number of hydrogen-bond acceptors (Lipinski definition) is 4. The maximum Gasteiger partial charge on any atom is 0.219 e. The number of unbranched alkanes of at least 4 members (excludes halogenated alkanes) is 5. The fourth-order valence-corrected chi connectivity index (χ4v) is 8.01. The van der Waals surface area contributed by atoms with E-state index in [0.717, 1.165) is 64.2 Å². The molecule has 38 heavy (non-hydrogen) atoms. The molecule has 0 atom stereocenters. The lowest BCUT2D eigenvalue weighted by molar-refractivity contribution is 0.349. The van der Waals surface area contributed by atoms with Gasteiger partial charge in [0.25, 0.3) is 0 Å². The highest BCUT2D eigenvalue weighted by Gasteiger charge is 2.38. The van der Waals surface area contributed by atoms with Gasteiger partial charge in [0.05, 0.1) is 9.49 Å². The number of hydrogen-bond donors (Lipinski definition) is 0. The molecule has 0 aromatic rings. The predicted molar refractivity (Wildman–Crippen MR) is 166 cm³/mol. The fourth-order valence-electron chi connectivity index (χ4n) is 4.78. The Balaban J connectivity index is 4.50. The summed E-state index contributed by atoms with van der Waals surface area (Å²) >= 11 is 0. The van der Waals surface area contributed by atoms with Gasteiger partial charge in [-0.2, -0.15) is 0 Å². The van der Waals surface area contributed by atoms with E-state index in [0.29, 0.717) is 25.9 Å². The fraction of sp³-hybridized carbons (Fsp3) is 1.00. The van der Waals surface area contributed by atoms with Crippen LogP contribution in [0.3, 0.4) is 0 Å². The lowest BCUT2D eigenvalue weighted by Gasteiger charge is -2.31. The van der Waals surface area contributed by atoms with Crippen LogP contribution in [0.25, 0.3) is 0 Å². The van der Waals surface area contributed by atoms with Gasteiger partial charge >= 0.3 is 0 Å². The van der Waals surface area contributed by atoms with E-state index in [1.54, 1.807) is 14.1 Å². The van der Waals surface area contributed by atoms with Gasteiger partial charge < -0.3 is 0 Å². The molecule has 0 unspecified atom stereocenters. The third-order valence-electron chi connectivity index (χ3n) is 7.82. The minimum absolute atomic E-state index is 0.279. The number of rotatable bonds is 19. The monoisotopic (exact) mass is 580 g/mol. The smallest absolute Gasteiger partial charge is 0.212 e. The molecule has 0 amide bonds. The second-order valence-corrected chi connectivity index (χ2v) is 20.5. The second kappa shape index (κ2) is 15.2. The van der Waals surface area contributed by atoms with Crippen LogP contribution in [0, 0.1) is 10.8 Å². The van der Waals surface area contributed by atoms with Crippen LogP contribution in [0.1, 0.15) is 146 Å². The SMILES string of the molecule is CN(CCCCCCN(C)S(=O)(=O)C(C)(C)CCCCC(C)(C)C)S(=O)(=O)C(C)(C)CCCCC(C)(C)C. The molecule has 0 saturated heterocycles. The summed E-state index contributed by atoms with van der Waals surface area (Å²) in [6.07, 6.45) is 10.8. The van der Waals surface area contributed by atoms with Crippen molar-refractivity contribution < 1.29 is 16.8 Å². The van der Waals surface area contributed by atoms with Crippen molar-refractivity contribution in [2.45, 2.75) is 156 Å². The summed E-state index contributed by atoms with van der Waals surface area (Å²) in [6.45, 7) is 21.7. The molecule has 0 rings (SSSR count). The Bertz CT molecular complexity index is 806. The first-order chi connectivity index (χ1) is 17.0. The van der Waals surface area contributed by atoms with Crippen LogP contribution in [0.15, 0.2) is 0 Å². The highest BCUT2D eigenvalue weighted by atomic mass is 32.2. The van der Waals surface area contributed by atoms with Crippen molar-refractivity contribution in [1.82, 2.24) is 8.61 Å². The van der Waals surface area contributed by atoms with E-state index in [-0.39, 0.29) is 10.8 Å². The first-order valence-electron chi connectivity index (χ1n) is 14.9. The number of sulfonamides is 2. The normalized spacial score (nSPS) is 14.6. The van der Waals surface area contributed by atoms with Gasteiger partial charge in [0, 0.05) is 27.2 Å². The van der Waals surface area contributed by atoms with E-state index >= 15 is 0 Å². The second-order valence-electron chi connectivity index (χ2n) is 15.1. The Morgan fingerprint density at radius 1 is 0.421 bits per heavy atom. The van der Waals surface area contributed by atoms with Crippen molar-refractivity contribution in [2.24, 2.45) is 10.8 Å². The quantitative estimate of drug-likeness (QED) is 0.146. The van der Waals surface area contributed by atoms with Crippen molar-refractivity contribution in [3.8, 4) is 0 Å². The summed E-state index contributed by atoms with van der Waals surface area (Å²) in [4.78, 5) is 0. The molecule has 0 heterocycles. The molecular weight excluding hydrogens is 516 g/mol. The van der Waals surface area contributed by atoms with Crippen LogP contribution < -0.4 is 0 Å². The van der Waals surface area contributed by atoms with E-state index < -0.39 is 29.5 Å². The Morgan fingerprint density at radius 3 is 0.947 bits per heavy atom. The van der Waals surface area contributed by atoms with Gasteiger partial charge in [-0.15, -0.1) is 0 Å². The molecule has 0 N–H and O–H groups in total. The minimum Gasteiger partial charge on any atom is -0.212 e. The molecule has 0 spiro atoms. The van der Waals surface area contributed by atoms with Gasteiger partial charge in [0.1, 0.15) is 0 Å². The third kappa shape index (κ3) is 13.5. The zero-order valence-corrected chi connectivity index (χ0v) is 28.9. The predicted octanol–water partition coefficient (Wildman–Crippen LogP) is 7.84. The van der Waals surface area contributed by atoms with Gasteiger partial charge in [-0.05, 0) is 77.0 Å². The topological polar surface area (TPSA) is 74.8 Å². The molecule has 6 nitrogen and oxygen atoms in total. The van der Waals surface area contributed by atoms with E-state index in [4.69, 9.17) is 0 Å². The molecule has 0 aromatic carbocycles. The summed E-state index contributed by atoms with van der Waals surface area (Å²) in [5.41, 5.74) is 0.557. The van der Waals surface area contributed by atoms with Gasteiger partial charge in [0.15, 0.2) is 0 Å². The van der Waals surface area contributed by atoms with Crippen molar-refractivity contribution >= 4 is 20.0 Å². The summed E-state index contributed by atoms with van der Waals surface area (Å²) < 4.78 is 54.1. The Hall–Kier alpha value is -0.180. The zero-order valence-electron chi connectivity index (χ0n) is 27.2. The van der Waals surface area contributed by atoms with Crippen LogP contribution in [-0.2, 0) is 20.0 Å². The van der Waals surface area contributed by atoms with Crippen molar-refractivity contribution in [2.75, 3.05) is 27.2 Å². The largest absolute Gasteiger partial charge is 0.219 e. The first-order valence-corrected chi connectivity index (χ1v) is 17.8. The lowest BCUT2D eigenvalue weighted by atomic mass is 9.89. The lowest BCUT2D eigenvalue weighted by Crippen LogP contribution is -2.43. The molecule has 0 aliphatic heterocycles. The van der Waals surface area contributed by atoms with Gasteiger partial charge in [0.2, 0.25) is 20.0 Å². The van der Waals surface area contributed by atoms with E-state index in [2.05, 4.69) is 41.5 Å². The number of nitrogens with zero attached hydrogens (tertiary/aromatic N) is 2. The molecule has 0 bridgehead atoms. The molecule has 8 heteroatoms. The minimum atomic E-state index is -3.37. The molecule has 0 radical (unpaired) electrons. The van der Waals surface area contributed by atoms with Gasteiger partial charge in [-0.3, -0.25) is 0 Å². The summed E-state index contributed by atoms with van der Waals surface area (Å²) in [5, 5.41) is 0. The summed E-state index contributed by atoms with van der Waals surface area (Å²) in [7, 11) is -3.36. The van der Waals surface area contributed by atoms with Gasteiger partial charge in [-0.1, -0.05) is 80.1 Å². The van der Waals surface area contributed by atoms with Crippen LogP contribution in [0.2, 0.25) is 0 Å². The summed E-state index contributed by atoms with van der Waals surface area (Å²) in [6, 6.07) is 0. The maximum absolute atomic E-state index is 13.2. The maximum atomic E-state index is 13.2. The summed E-state index contributed by atoms with van der Waals surface area (Å²) in [5.74, 6) is 0. The average Bonchev–Trinajstić information content (AvgIpc) is 2.74.